The summed E-state index contributed by atoms with van der Waals surface area (Å²) >= 11 is 8.63. The van der Waals surface area contributed by atoms with Crippen LogP contribution >= 0.6 is 35.1 Å². The molecule has 1 heterocycles. The molecule has 0 spiro atoms. The predicted molar refractivity (Wildman–Crippen MR) is 55.1 cm³/mol. The van der Waals surface area contributed by atoms with Crippen molar-refractivity contribution in [2.75, 3.05) is 5.75 Å². The third-order valence-electron chi connectivity index (χ3n) is 1.36. The highest BCUT2D eigenvalue weighted by Gasteiger charge is 2.05. The van der Waals surface area contributed by atoms with Crippen LogP contribution in [0, 0.1) is 5.92 Å². The van der Waals surface area contributed by atoms with Crippen LogP contribution in [0.1, 0.15) is 20.3 Å². The van der Waals surface area contributed by atoms with E-state index in [-0.39, 0.29) is 0 Å². The van der Waals surface area contributed by atoms with Gasteiger partial charge in [-0.1, -0.05) is 25.4 Å². The summed E-state index contributed by atoms with van der Waals surface area (Å²) in [5.41, 5.74) is 0. The molecule has 68 valence electrons. The lowest BCUT2D eigenvalue weighted by molar-refractivity contribution is 0.632. The van der Waals surface area contributed by atoms with Gasteiger partial charge in [0.05, 0.1) is 11.7 Å². The molecule has 0 atom stereocenters. The second-order valence-corrected chi connectivity index (χ2v) is 4.86. The van der Waals surface area contributed by atoms with E-state index in [2.05, 4.69) is 22.6 Å². The number of hydrogen-bond donors (Lipinski definition) is 0. The first-order valence-corrected chi connectivity index (χ1v) is 5.90. The van der Waals surface area contributed by atoms with Crippen molar-refractivity contribution in [2.24, 2.45) is 5.92 Å². The first-order chi connectivity index (χ1) is 5.70. The Morgan fingerprint density at radius 2 is 2.25 bits per heavy atom. The van der Waals surface area contributed by atoms with Crippen molar-refractivity contribution in [3.8, 4) is 0 Å². The van der Waals surface area contributed by atoms with Gasteiger partial charge in [-0.3, -0.25) is 0 Å². The van der Waals surface area contributed by atoms with E-state index < -0.39 is 0 Å². The molecular formula is C7H11ClN2S2. The van der Waals surface area contributed by atoms with Gasteiger partial charge in [0.15, 0.2) is 5.15 Å². The Kier molecular flexibility index (Phi) is 4.32. The average molecular weight is 223 g/mol. The zero-order chi connectivity index (χ0) is 8.97. The van der Waals surface area contributed by atoms with Crippen LogP contribution in [0.5, 0.6) is 0 Å². The normalized spacial score (nSPS) is 11.0. The Bertz CT molecular complexity index is 237. The van der Waals surface area contributed by atoms with Gasteiger partial charge >= 0.3 is 0 Å². The minimum atomic E-state index is 0.550. The van der Waals surface area contributed by atoms with Crippen LogP contribution in [0.4, 0.5) is 0 Å². The standard InChI is InChI=1S/C7H11ClN2S2/c1-5(2)3-4-11-7-6(8)9-12-10-7/h5H,3-4H2,1-2H3. The van der Waals surface area contributed by atoms with Crippen molar-refractivity contribution >= 4 is 35.1 Å². The Hall–Kier alpha value is 0.200. The molecule has 0 aromatic carbocycles. The van der Waals surface area contributed by atoms with Crippen molar-refractivity contribution in [2.45, 2.75) is 25.3 Å². The summed E-state index contributed by atoms with van der Waals surface area (Å²) in [4.78, 5) is 0. The molecule has 0 aliphatic rings. The second-order valence-electron chi connectivity index (χ2n) is 2.89. The second kappa shape index (κ2) is 5.04. The van der Waals surface area contributed by atoms with Crippen LogP contribution in [-0.4, -0.2) is 14.5 Å². The molecule has 0 unspecified atom stereocenters. The summed E-state index contributed by atoms with van der Waals surface area (Å²) < 4.78 is 7.96. The minimum absolute atomic E-state index is 0.550. The van der Waals surface area contributed by atoms with E-state index in [9.17, 15) is 0 Å². The van der Waals surface area contributed by atoms with Crippen molar-refractivity contribution < 1.29 is 0 Å². The van der Waals surface area contributed by atoms with Crippen LogP contribution < -0.4 is 0 Å². The minimum Gasteiger partial charge on any atom is -0.165 e. The molecule has 0 aliphatic carbocycles. The summed E-state index contributed by atoms with van der Waals surface area (Å²) in [6, 6.07) is 0. The summed E-state index contributed by atoms with van der Waals surface area (Å²) in [5, 5.41) is 1.43. The fraction of sp³-hybridized carbons (Fsp3) is 0.714. The lowest BCUT2D eigenvalue weighted by Gasteiger charge is -2.01. The van der Waals surface area contributed by atoms with E-state index in [0.717, 1.165) is 16.7 Å². The van der Waals surface area contributed by atoms with Crippen molar-refractivity contribution in [3.63, 3.8) is 0 Å². The fourth-order valence-corrected chi connectivity index (χ4v) is 2.67. The van der Waals surface area contributed by atoms with E-state index in [1.54, 1.807) is 11.8 Å². The number of nitrogens with zero attached hydrogens (tertiary/aromatic N) is 2. The molecule has 0 bridgehead atoms. The first kappa shape index (κ1) is 10.3. The lowest BCUT2D eigenvalue weighted by Crippen LogP contribution is -1.89. The van der Waals surface area contributed by atoms with E-state index in [1.165, 1.54) is 18.1 Å². The molecule has 0 fully saturated rings. The van der Waals surface area contributed by atoms with Gasteiger partial charge in [0.25, 0.3) is 0 Å². The molecule has 0 saturated heterocycles. The number of aromatic nitrogens is 2. The highest BCUT2D eigenvalue weighted by molar-refractivity contribution is 7.99. The summed E-state index contributed by atoms with van der Waals surface area (Å²) in [6.07, 6.45) is 1.19. The maximum absolute atomic E-state index is 5.77. The van der Waals surface area contributed by atoms with Gasteiger partial charge in [-0.25, -0.2) is 0 Å². The molecule has 0 N–H and O–H groups in total. The number of rotatable bonds is 4. The Morgan fingerprint density at radius 3 is 2.75 bits per heavy atom. The third-order valence-corrected chi connectivity index (χ3v) is 3.47. The van der Waals surface area contributed by atoms with Crippen LogP contribution in [-0.2, 0) is 0 Å². The largest absolute Gasteiger partial charge is 0.176 e. The molecule has 1 aromatic rings. The zero-order valence-electron chi connectivity index (χ0n) is 7.08. The molecule has 12 heavy (non-hydrogen) atoms. The Balaban J connectivity index is 2.29. The predicted octanol–water partition coefficient (Wildman–Crippen LogP) is 3.33. The van der Waals surface area contributed by atoms with Gasteiger partial charge in [-0.05, 0) is 18.1 Å². The van der Waals surface area contributed by atoms with Gasteiger partial charge in [0.2, 0.25) is 0 Å². The topological polar surface area (TPSA) is 25.8 Å². The van der Waals surface area contributed by atoms with Crippen LogP contribution in [0.15, 0.2) is 5.03 Å². The Morgan fingerprint density at radius 1 is 1.50 bits per heavy atom. The van der Waals surface area contributed by atoms with Crippen molar-refractivity contribution in [3.05, 3.63) is 5.15 Å². The van der Waals surface area contributed by atoms with E-state index >= 15 is 0 Å². The average Bonchev–Trinajstić information content (AvgIpc) is 2.36. The highest BCUT2D eigenvalue weighted by Crippen LogP contribution is 2.25. The van der Waals surface area contributed by atoms with E-state index in [1.807, 2.05) is 0 Å². The molecule has 0 saturated carbocycles. The Labute approximate surface area is 86.0 Å². The SMILES string of the molecule is CC(C)CCSc1nsnc1Cl. The molecule has 0 radical (unpaired) electrons. The lowest BCUT2D eigenvalue weighted by atomic mass is 10.2. The van der Waals surface area contributed by atoms with Gasteiger partial charge < -0.3 is 0 Å². The van der Waals surface area contributed by atoms with Crippen LogP contribution in [0.25, 0.3) is 0 Å². The fourth-order valence-electron chi connectivity index (χ4n) is 0.647. The maximum atomic E-state index is 5.77. The summed E-state index contributed by atoms with van der Waals surface area (Å²) in [5.74, 6) is 1.81. The van der Waals surface area contributed by atoms with Gasteiger partial charge in [0.1, 0.15) is 5.03 Å². The summed E-state index contributed by atoms with van der Waals surface area (Å²) in [6.45, 7) is 4.42. The molecule has 2 nitrogen and oxygen atoms in total. The van der Waals surface area contributed by atoms with E-state index in [4.69, 9.17) is 11.6 Å². The first-order valence-electron chi connectivity index (χ1n) is 3.81. The van der Waals surface area contributed by atoms with Gasteiger partial charge in [-0.2, -0.15) is 8.75 Å². The van der Waals surface area contributed by atoms with Crippen LogP contribution in [0.2, 0.25) is 5.15 Å². The number of thioether (sulfide) groups is 1. The molecule has 0 aliphatic heterocycles. The number of halogens is 1. The maximum Gasteiger partial charge on any atom is 0.176 e. The smallest absolute Gasteiger partial charge is 0.165 e. The highest BCUT2D eigenvalue weighted by atomic mass is 35.5. The van der Waals surface area contributed by atoms with Crippen molar-refractivity contribution in [1.29, 1.82) is 0 Å². The van der Waals surface area contributed by atoms with E-state index in [0.29, 0.717) is 5.15 Å². The number of hydrogen-bond acceptors (Lipinski definition) is 4. The molecule has 5 heteroatoms. The quantitative estimate of drug-likeness (QED) is 0.731. The zero-order valence-corrected chi connectivity index (χ0v) is 9.47. The molecule has 1 aromatic heterocycles. The van der Waals surface area contributed by atoms with Gasteiger partial charge in [-0.15, -0.1) is 11.8 Å². The van der Waals surface area contributed by atoms with Crippen LogP contribution in [0.3, 0.4) is 0 Å². The third kappa shape index (κ3) is 3.29. The summed E-state index contributed by atoms with van der Waals surface area (Å²) in [7, 11) is 0. The van der Waals surface area contributed by atoms with Gasteiger partial charge in [0, 0.05) is 0 Å². The van der Waals surface area contributed by atoms with Crippen molar-refractivity contribution in [1.82, 2.24) is 8.75 Å². The molecular weight excluding hydrogens is 212 g/mol. The molecule has 0 amide bonds. The molecule has 1 rings (SSSR count). The monoisotopic (exact) mass is 222 g/mol.